The van der Waals surface area contributed by atoms with E-state index in [1.807, 2.05) is 0 Å². The molecule has 4 rings (SSSR count). The number of fused-ring (bicyclic) bond motifs is 3. The Kier molecular flexibility index (Phi) is 3.19. The molecule has 1 unspecified atom stereocenters. The molecule has 0 saturated carbocycles. The van der Waals surface area contributed by atoms with E-state index in [1.165, 1.54) is 38.9 Å². The average Bonchev–Trinajstić information content (AvgIpc) is 2.83. The van der Waals surface area contributed by atoms with Gasteiger partial charge in [0.2, 0.25) is 0 Å². The van der Waals surface area contributed by atoms with E-state index in [2.05, 4.69) is 90.4 Å². The predicted molar refractivity (Wildman–Crippen MR) is 97.3 cm³/mol. The molecule has 0 fully saturated rings. The van der Waals surface area contributed by atoms with Crippen LogP contribution in [0.3, 0.4) is 0 Å². The summed E-state index contributed by atoms with van der Waals surface area (Å²) in [6.07, 6.45) is 0. The van der Waals surface area contributed by atoms with Crippen molar-refractivity contribution >= 4 is 15.9 Å². The molecule has 108 valence electrons. The fraction of sp³-hybridized carbons (Fsp3) is 0.143. The molecule has 1 atom stereocenters. The normalized spacial score (nSPS) is 15.5. The predicted octanol–water partition coefficient (Wildman–Crippen LogP) is 6.56. The van der Waals surface area contributed by atoms with Crippen molar-refractivity contribution in [1.82, 2.24) is 0 Å². The zero-order chi connectivity index (χ0) is 15.3. The lowest BCUT2D eigenvalue weighted by molar-refractivity contribution is 0.945. The Morgan fingerprint density at radius 2 is 1.36 bits per heavy atom. The molecule has 22 heavy (non-hydrogen) atoms. The monoisotopic (exact) mass is 348 g/mol. The summed E-state index contributed by atoms with van der Waals surface area (Å²) in [5, 5.41) is 0. The summed E-state index contributed by atoms with van der Waals surface area (Å²) < 4.78 is 1.15. The third-order valence-electron chi connectivity index (χ3n) is 4.83. The molecule has 0 aliphatic heterocycles. The van der Waals surface area contributed by atoms with E-state index < -0.39 is 0 Å². The van der Waals surface area contributed by atoms with Crippen LogP contribution in [0.5, 0.6) is 0 Å². The Balaban J connectivity index is 1.97. The van der Waals surface area contributed by atoms with Gasteiger partial charge in [0.1, 0.15) is 0 Å². The first-order valence-corrected chi connectivity index (χ1v) is 8.45. The van der Waals surface area contributed by atoms with Crippen LogP contribution in [0, 0.1) is 6.92 Å². The average molecular weight is 349 g/mol. The molecular weight excluding hydrogens is 332 g/mol. The van der Waals surface area contributed by atoms with Gasteiger partial charge in [0.25, 0.3) is 0 Å². The first-order chi connectivity index (χ1) is 10.7. The van der Waals surface area contributed by atoms with Crippen molar-refractivity contribution in [2.24, 2.45) is 0 Å². The molecule has 0 bridgehead atoms. The van der Waals surface area contributed by atoms with Crippen molar-refractivity contribution in [1.29, 1.82) is 0 Å². The Hall–Kier alpha value is -1.86. The number of hydrogen-bond donors (Lipinski definition) is 0. The van der Waals surface area contributed by atoms with E-state index in [4.69, 9.17) is 0 Å². The minimum Gasteiger partial charge on any atom is -0.0619 e. The van der Waals surface area contributed by atoms with Crippen LogP contribution in [0.1, 0.15) is 29.5 Å². The maximum Gasteiger partial charge on any atom is 0.0253 e. The SMILES string of the molecule is Cc1c(-c2ccccc2Br)ccc2c1C(C)c1ccccc1-2. The molecule has 0 saturated heterocycles. The van der Waals surface area contributed by atoms with Gasteiger partial charge >= 0.3 is 0 Å². The minimum atomic E-state index is 0.466. The Morgan fingerprint density at radius 1 is 0.727 bits per heavy atom. The molecule has 3 aromatic carbocycles. The van der Waals surface area contributed by atoms with Gasteiger partial charge in [0, 0.05) is 10.4 Å². The van der Waals surface area contributed by atoms with Crippen LogP contribution in [0.2, 0.25) is 0 Å². The third-order valence-corrected chi connectivity index (χ3v) is 5.52. The van der Waals surface area contributed by atoms with Crippen molar-refractivity contribution in [3.05, 3.63) is 81.8 Å². The highest BCUT2D eigenvalue weighted by Gasteiger charge is 2.27. The largest absolute Gasteiger partial charge is 0.0619 e. The fourth-order valence-electron chi connectivity index (χ4n) is 3.77. The molecule has 0 spiro atoms. The van der Waals surface area contributed by atoms with Gasteiger partial charge in [-0.1, -0.05) is 77.5 Å². The Labute approximate surface area is 140 Å². The maximum atomic E-state index is 3.69. The second kappa shape index (κ2) is 5.10. The number of rotatable bonds is 1. The first-order valence-electron chi connectivity index (χ1n) is 7.66. The van der Waals surface area contributed by atoms with E-state index >= 15 is 0 Å². The zero-order valence-corrected chi connectivity index (χ0v) is 14.3. The summed E-state index contributed by atoms with van der Waals surface area (Å²) in [4.78, 5) is 0. The topological polar surface area (TPSA) is 0 Å². The molecule has 0 amide bonds. The van der Waals surface area contributed by atoms with Gasteiger partial charge in [-0.25, -0.2) is 0 Å². The summed E-state index contributed by atoms with van der Waals surface area (Å²) in [7, 11) is 0. The van der Waals surface area contributed by atoms with Crippen molar-refractivity contribution in [2.45, 2.75) is 19.8 Å². The molecule has 0 aromatic heterocycles. The second-order valence-corrected chi connectivity index (χ2v) is 6.84. The van der Waals surface area contributed by atoms with Crippen LogP contribution in [-0.4, -0.2) is 0 Å². The van der Waals surface area contributed by atoms with Gasteiger partial charge in [-0.2, -0.15) is 0 Å². The van der Waals surface area contributed by atoms with Gasteiger partial charge < -0.3 is 0 Å². The van der Waals surface area contributed by atoms with E-state index in [-0.39, 0.29) is 0 Å². The Morgan fingerprint density at radius 3 is 2.14 bits per heavy atom. The van der Waals surface area contributed by atoms with Gasteiger partial charge in [-0.05, 0) is 51.9 Å². The van der Waals surface area contributed by atoms with Crippen molar-refractivity contribution in [2.75, 3.05) is 0 Å². The van der Waals surface area contributed by atoms with Crippen LogP contribution in [0.25, 0.3) is 22.3 Å². The second-order valence-electron chi connectivity index (χ2n) is 5.99. The van der Waals surface area contributed by atoms with Crippen LogP contribution in [0.15, 0.2) is 65.1 Å². The lowest BCUT2D eigenvalue weighted by atomic mass is 9.89. The summed E-state index contributed by atoms with van der Waals surface area (Å²) in [6, 6.07) is 21.8. The summed E-state index contributed by atoms with van der Waals surface area (Å²) >= 11 is 3.69. The number of hydrogen-bond acceptors (Lipinski definition) is 0. The molecule has 1 aliphatic carbocycles. The minimum absolute atomic E-state index is 0.466. The maximum absolute atomic E-state index is 3.69. The lowest BCUT2D eigenvalue weighted by Gasteiger charge is -2.15. The molecule has 0 heterocycles. The van der Waals surface area contributed by atoms with Crippen LogP contribution < -0.4 is 0 Å². The molecule has 1 heteroatoms. The molecule has 0 N–H and O–H groups in total. The standard InChI is InChI=1S/C21H17Br/c1-13-15-7-3-4-8-17(15)19-12-11-16(14(2)21(13)19)18-9-5-6-10-20(18)22/h3-13H,1-2H3. The van der Waals surface area contributed by atoms with Crippen molar-refractivity contribution in [3.63, 3.8) is 0 Å². The Bertz CT molecular complexity index is 877. The highest BCUT2D eigenvalue weighted by molar-refractivity contribution is 9.10. The van der Waals surface area contributed by atoms with Gasteiger partial charge in [0.05, 0.1) is 0 Å². The van der Waals surface area contributed by atoms with Gasteiger partial charge in [0.15, 0.2) is 0 Å². The molecule has 1 aliphatic rings. The van der Waals surface area contributed by atoms with E-state index in [1.54, 1.807) is 0 Å². The van der Waals surface area contributed by atoms with Crippen LogP contribution >= 0.6 is 15.9 Å². The van der Waals surface area contributed by atoms with Crippen molar-refractivity contribution in [3.8, 4) is 22.3 Å². The van der Waals surface area contributed by atoms with E-state index in [0.717, 1.165) is 4.47 Å². The van der Waals surface area contributed by atoms with Crippen LogP contribution in [-0.2, 0) is 0 Å². The third kappa shape index (κ3) is 1.89. The van der Waals surface area contributed by atoms with E-state index in [9.17, 15) is 0 Å². The fourth-order valence-corrected chi connectivity index (χ4v) is 4.27. The van der Waals surface area contributed by atoms with Crippen LogP contribution in [0.4, 0.5) is 0 Å². The molecule has 3 aromatic rings. The van der Waals surface area contributed by atoms with Gasteiger partial charge in [-0.15, -0.1) is 0 Å². The van der Waals surface area contributed by atoms with E-state index in [0.29, 0.717) is 5.92 Å². The highest BCUT2D eigenvalue weighted by atomic mass is 79.9. The smallest absolute Gasteiger partial charge is 0.0253 e. The lowest BCUT2D eigenvalue weighted by Crippen LogP contribution is -1.96. The molecule has 0 nitrogen and oxygen atoms in total. The summed E-state index contributed by atoms with van der Waals surface area (Å²) in [5.74, 6) is 0.466. The zero-order valence-electron chi connectivity index (χ0n) is 12.7. The van der Waals surface area contributed by atoms with Gasteiger partial charge in [-0.3, -0.25) is 0 Å². The number of halogens is 1. The summed E-state index contributed by atoms with van der Waals surface area (Å²) in [6.45, 7) is 4.58. The molecular formula is C21H17Br. The quantitative estimate of drug-likeness (QED) is 0.467. The summed E-state index contributed by atoms with van der Waals surface area (Å²) in [5.41, 5.74) is 9.72. The van der Waals surface area contributed by atoms with Crippen molar-refractivity contribution < 1.29 is 0 Å². The molecule has 0 radical (unpaired) electrons. The highest BCUT2D eigenvalue weighted by Crippen LogP contribution is 2.48. The first kappa shape index (κ1) is 13.8. The number of benzene rings is 3.